The molecule has 0 bridgehead atoms. The van der Waals surface area contributed by atoms with Crippen LogP contribution in [-0.2, 0) is 9.53 Å². The van der Waals surface area contributed by atoms with Crippen molar-refractivity contribution in [2.24, 2.45) is 0 Å². The Morgan fingerprint density at radius 3 is 2.36 bits per heavy atom. The standard InChI is InChI=1S/C26H39ClN2O4/c1-4-7-9-10-11-12-13-17-33-19-15-16-20(21(27)18-19)24-23(25(30)32-6-3)22(14-8-5-2)28-26(31)29-24/h15-16,18,24H,4-14,17H2,1-3H3,(H2,28,29,31). The van der Waals surface area contributed by atoms with E-state index in [4.69, 9.17) is 21.1 Å². The number of urea groups is 1. The van der Waals surface area contributed by atoms with Gasteiger partial charge in [0.25, 0.3) is 0 Å². The monoisotopic (exact) mass is 478 g/mol. The number of amides is 2. The van der Waals surface area contributed by atoms with Crippen molar-refractivity contribution in [3.05, 3.63) is 40.1 Å². The molecule has 1 heterocycles. The third-order valence-corrected chi connectivity index (χ3v) is 6.06. The van der Waals surface area contributed by atoms with Gasteiger partial charge in [-0.1, -0.05) is 76.5 Å². The molecule has 1 aliphatic rings. The lowest BCUT2D eigenvalue weighted by atomic mass is 9.93. The molecular formula is C26H39ClN2O4. The fourth-order valence-electron chi connectivity index (χ4n) is 3.93. The van der Waals surface area contributed by atoms with Crippen molar-refractivity contribution in [1.82, 2.24) is 10.6 Å². The highest BCUT2D eigenvalue weighted by molar-refractivity contribution is 6.31. The van der Waals surface area contributed by atoms with Gasteiger partial charge in [0.1, 0.15) is 5.75 Å². The number of hydrogen-bond donors (Lipinski definition) is 2. The van der Waals surface area contributed by atoms with Crippen LogP contribution in [0.25, 0.3) is 0 Å². The first-order valence-corrected chi connectivity index (χ1v) is 12.8. The molecule has 2 rings (SSSR count). The minimum absolute atomic E-state index is 0.253. The molecule has 1 aromatic carbocycles. The number of benzene rings is 1. The van der Waals surface area contributed by atoms with E-state index in [0.29, 0.717) is 40.6 Å². The van der Waals surface area contributed by atoms with Crippen LogP contribution in [0.4, 0.5) is 4.79 Å². The molecule has 1 aliphatic heterocycles. The Bertz CT molecular complexity index is 809. The van der Waals surface area contributed by atoms with Crippen molar-refractivity contribution < 1.29 is 19.1 Å². The maximum atomic E-state index is 12.8. The van der Waals surface area contributed by atoms with Crippen LogP contribution in [0.1, 0.15) is 96.6 Å². The largest absolute Gasteiger partial charge is 0.494 e. The second-order valence-corrected chi connectivity index (χ2v) is 8.81. The highest BCUT2D eigenvalue weighted by Crippen LogP contribution is 2.35. The predicted octanol–water partition coefficient (Wildman–Crippen LogP) is 6.83. The zero-order chi connectivity index (χ0) is 24.1. The summed E-state index contributed by atoms with van der Waals surface area (Å²) in [5.41, 5.74) is 1.65. The quantitative estimate of drug-likeness (QED) is 0.214. The van der Waals surface area contributed by atoms with Crippen LogP contribution in [0.3, 0.4) is 0 Å². The van der Waals surface area contributed by atoms with Gasteiger partial charge < -0.3 is 20.1 Å². The van der Waals surface area contributed by atoms with Gasteiger partial charge in [-0.15, -0.1) is 0 Å². The number of hydrogen-bond acceptors (Lipinski definition) is 4. The van der Waals surface area contributed by atoms with E-state index in [-0.39, 0.29) is 12.6 Å². The van der Waals surface area contributed by atoms with Crippen LogP contribution >= 0.6 is 11.6 Å². The third-order valence-electron chi connectivity index (χ3n) is 5.73. The van der Waals surface area contributed by atoms with Crippen molar-refractivity contribution in [2.75, 3.05) is 13.2 Å². The van der Waals surface area contributed by atoms with E-state index in [9.17, 15) is 9.59 Å². The van der Waals surface area contributed by atoms with Crippen molar-refractivity contribution in [1.29, 1.82) is 0 Å². The number of esters is 1. The summed E-state index contributed by atoms with van der Waals surface area (Å²) in [6.45, 7) is 6.94. The van der Waals surface area contributed by atoms with E-state index in [1.54, 1.807) is 13.0 Å². The molecule has 184 valence electrons. The Hall–Kier alpha value is -2.21. The smallest absolute Gasteiger partial charge is 0.338 e. The third kappa shape index (κ3) is 8.58. The fraction of sp³-hybridized carbons (Fsp3) is 0.615. The number of carbonyl (C=O) groups is 2. The lowest BCUT2D eigenvalue weighted by Crippen LogP contribution is -2.46. The average molecular weight is 479 g/mol. The number of carbonyl (C=O) groups excluding carboxylic acids is 2. The molecule has 6 nitrogen and oxygen atoms in total. The van der Waals surface area contributed by atoms with Gasteiger partial charge in [-0.2, -0.15) is 0 Å². The molecule has 1 unspecified atom stereocenters. The van der Waals surface area contributed by atoms with Gasteiger partial charge in [-0.05, 0) is 43.9 Å². The molecular weight excluding hydrogens is 440 g/mol. The molecule has 2 N–H and O–H groups in total. The Morgan fingerprint density at radius 1 is 1.00 bits per heavy atom. The highest BCUT2D eigenvalue weighted by Gasteiger charge is 2.34. The molecule has 0 fully saturated rings. The van der Waals surface area contributed by atoms with Gasteiger partial charge in [-0.3, -0.25) is 0 Å². The molecule has 33 heavy (non-hydrogen) atoms. The number of unbranched alkanes of at least 4 members (excludes halogenated alkanes) is 7. The topological polar surface area (TPSA) is 76.7 Å². The highest BCUT2D eigenvalue weighted by atomic mass is 35.5. The second-order valence-electron chi connectivity index (χ2n) is 8.40. The number of ether oxygens (including phenoxy) is 2. The minimum atomic E-state index is -0.672. The van der Waals surface area contributed by atoms with Gasteiger partial charge in [0.2, 0.25) is 0 Å². The summed E-state index contributed by atoms with van der Waals surface area (Å²) < 4.78 is 11.2. The Labute approximate surface area is 203 Å². The molecule has 0 aromatic heterocycles. The van der Waals surface area contributed by atoms with Crippen LogP contribution in [0.2, 0.25) is 5.02 Å². The SMILES string of the molecule is CCCCCCCCCOc1ccc(C2NC(=O)NC(CCCC)=C2C(=O)OCC)c(Cl)c1. The van der Waals surface area contributed by atoms with Crippen molar-refractivity contribution in [3.63, 3.8) is 0 Å². The first-order chi connectivity index (χ1) is 16.0. The maximum Gasteiger partial charge on any atom is 0.338 e. The second kappa shape index (κ2) is 14.8. The Morgan fingerprint density at radius 2 is 1.70 bits per heavy atom. The zero-order valence-electron chi connectivity index (χ0n) is 20.3. The normalized spacial score (nSPS) is 15.8. The zero-order valence-corrected chi connectivity index (χ0v) is 21.1. The lowest BCUT2D eigenvalue weighted by molar-refractivity contribution is -0.139. The minimum Gasteiger partial charge on any atom is -0.494 e. The van der Waals surface area contributed by atoms with Crippen LogP contribution in [-0.4, -0.2) is 25.2 Å². The van der Waals surface area contributed by atoms with Gasteiger partial charge in [0, 0.05) is 10.7 Å². The van der Waals surface area contributed by atoms with Crippen LogP contribution in [0, 0.1) is 0 Å². The molecule has 7 heteroatoms. The van der Waals surface area contributed by atoms with Crippen molar-refractivity contribution >= 4 is 23.6 Å². The van der Waals surface area contributed by atoms with Gasteiger partial charge >= 0.3 is 12.0 Å². The molecule has 1 aromatic rings. The fourth-order valence-corrected chi connectivity index (χ4v) is 4.21. The summed E-state index contributed by atoms with van der Waals surface area (Å²) in [5.74, 6) is 0.235. The van der Waals surface area contributed by atoms with E-state index in [1.807, 2.05) is 12.1 Å². The van der Waals surface area contributed by atoms with Crippen LogP contribution in [0.5, 0.6) is 5.75 Å². The summed E-state index contributed by atoms with van der Waals surface area (Å²) in [6.07, 6.45) is 11.0. The van der Waals surface area contributed by atoms with Crippen LogP contribution < -0.4 is 15.4 Å². The average Bonchev–Trinajstić information content (AvgIpc) is 2.79. The summed E-state index contributed by atoms with van der Waals surface area (Å²) in [6, 6.07) is 4.38. The first-order valence-electron chi connectivity index (χ1n) is 12.4. The van der Waals surface area contributed by atoms with E-state index in [1.165, 1.54) is 32.1 Å². The van der Waals surface area contributed by atoms with E-state index in [0.717, 1.165) is 25.7 Å². The van der Waals surface area contributed by atoms with E-state index >= 15 is 0 Å². The number of allylic oxidation sites excluding steroid dienone is 1. The number of nitrogens with one attached hydrogen (secondary N) is 2. The van der Waals surface area contributed by atoms with Crippen LogP contribution in [0.15, 0.2) is 29.5 Å². The van der Waals surface area contributed by atoms with Gasteiger partial charge in [-0.25, -0.2) is 9.59 Å². The Kier molecular flexibility index (Phi) is 12.2. The number of rotatable bonds is 15. The molecule has 0 radical (unpaired) electrons. The number of halogens is 1. The summed E-state index contributed by atoms with van der Waals surface area (Å²) in [7, 11) is 0. The molecule has 0 aliphatic carbocycles. The van der Waals surface area contributed by atoms with Crippen molar-refractivity contribution in [2.45, 2.75) is 91.0 Å². The predicted molar refractivity (Wildman–Crippen MR) is 133 cm³/mol. The van der Waals surface area contributed by atoms with E-state index in [2.05, 4.69) is 24.5 Å². The lowest BCUT2D eigenvalue weighted by Gasteiger charge is -2.30. The molecule has 0 spiro atoms. The summed E-state index contributed by atoms with van der Waals surface area (Å²) >= 11 is 6.59. The van der Waals surface area contributed by atoms with Gasteiger partial charge in [0.15, 0.2) is 0 Å². The molecule has 2 amide bonds. The molecule has 0 saturated carbocycles. The Balaban J connectivity index is 2.08. The maximum absolute atomic E-state index is 12.8. The molecule has 1 atom stereocenters. The molecule has 0 saturated heterocycles. The summed E-state index contributed by atoms with van der Waals surface area (Å²) in [4.78, 5) is 25.1. The summed E-state index contributed by atoms with van der Waals surface area (Å²) in [5, 5.41) is 6.06. The van der Waals surface area contributed by atoms with E-state index < -0.39 is 12.0 Å². The first kappa shape index (κ1) is 27.0. The van der Waals surface area contributed by atoms with Crippen molar-refractivity contribution in [3.8, 4) is 5.75 Å². The van der Waals surface area contributed by atoms with Gasteiger partial charge in [0.05, 0.1) is 24.8 Å².